The molecule has 0 aliphatic rings. The highest BCUT2D eigenvalue weighted by molar-refractivity contribution is 7.89. The molecule has 142 valence electrons. The van der Waals surface area contributed by atoms with Crippen molar-refractivity contribution < 1.29 is 17.9 Å². The highest BCUT2D eigenvalue weighted by atomic mass is 32.2. The summed E-state index contributed by atoms with van der Waals surface area (Å²) < 4.78 is 33.3. The van der Waals surface area contributed by atoms with Crippen LogP contribution >= 0.6 is 0 Å². The molecule has 0 amide bonds. The molecule has 25 heavy (non-hydrogen) atoms. The van der Waals surface area contributed by atoms with Gasteiger partial charge in [-0.2, -0.15) is 0 Å². The zero-order valence-corrected chi connectivity index (χ0v) is 17.5. The molecule has 1 rings (SSSR count). The van der Waals surface area contributed by atoms with E-state index >= 15 is 0 Å². The lowest BCUT2D eigenvalue weighted by molar-refractivity contribution is -0.154. The minimum absolute atomic E-state index is 0.184. The summed E-state index contributed by atoms with van der Waals surface area (Å²) in [5.74, 6) is -0.318. The van der Waals surface area contributed by atoms with E-state index < -0.39 is 15.6 Å². The first-order valence-electron chi connectivity index (χ1n) is 8.56. The lowest BCUT2D eigenvalue weighted by Crippen LogP contribution is -2.28. The van der Waals surface area contributed by atoms with E-state index in [-0.39, 0.29) is 18.9 Å². The SMILES string of the molecule is Cc1c(C)c(C)c(S(=O)(=O)NCCCC(=O)OC(C)(C)C)c(C)c1C. The molecule has 0 spiro atoms. The van der Waals surface area contributed by atoms with E-state index in [1.54, 1.807) is 20.8 Å². The molecule has 0 fully saturated rings. The van der Waals surface area contributed by atoms with Crippen LogP contribution in [0.3, 0.4) is 0 Å². The molecule has 0 saturated heterocycles. The molecule has 0 aromatic heterocycles. The normalized spacial score (nSPS) is 12.3. The number of hydrogen-bond acceptors (Lipinski definition) is 4. The third-order valence-corrected chi connectivity index (χ3v) is 6.20. The van der Waals surface area contributed by atoms with Gasteiger partial charge in [0.15, 0.2) is 0 Å². The second kappa shape index (κ2) is 7.87. The average Bonchev–Trinajstić information content (AvgIpc) is 2.46. The van der Waals surface area contributed by atoms with Gasteiger partial charge in [-0.15, -0.1) is 0 Å². The van der Waals surface area contributed by atoms with Gasteiger partial charge in [-0.25, -0.2) is 13.1 Å². The second-order valence-corrected chi connectivity index (χ2v) is 9.25. The van der Waals surface area contributed by atoms with Crippen molar-refractivity contribution in [3.8, 4) is 0 Å². The lowest BCUT2D eigenvalue weighted by atomic mass is 9.95. The van der Waals surface area contributed by atoms with Crippen molar-refractivity contribution in [2.75, 3.05) is 6.54 Å². The lowest BCUT2D eigenvalue weighted by Gasteiger charge is -2.20. The molecule has 5 nitrogen and oxygen atoms in total. The first-order chi connectivity index (χ1) is 11.3. The number of ether oxygens (including phenoxy) is 1. The molecular formula is C19H31NO4S. The second-order valence-electron chi connectivity index (χ2n) is 7.54. The van der Waals surface area contributed by atoms with Crippen molar-refractivity contribution >= 4 is 16.0 Å². The summed E-state index contributed by atoms with van der Waals surface area (Å²) in [6, 6.07) is 0. The van der Waals surface area contributed by atoms with Gasteiger partial charge in [0, 0.05) is 13.0 Å². The predicted molar refractivity (Wildman–Crippen MR) is 100 cm³/mol. The smallest absolute Gasteiger partial charge is 0.306 e. The van der Waals surface area contributed by atoms with Crippen LogP contribution in [-0.4, -0.2) is 26.5 Å². The monoisotopic (exact) mass is 369 g/mol. The highest BCUT2D eigenvalue weighted by Crippen LogP contribution is 2.29. The number of sulfonamides is 1. The molecule has 0 bridgehead atoms. The Morgan fingerprint density at radius 3 is 1.80 bits per heavy atom. The molecule has 0 atom stereocenters. The summed E-state index contributed by atoms with van der Waals surface area (Å²) in [5, 5.41) is 0. The van der Waals surface area contributed by atoms with Crippen molar-refractivity contribution in [3.63, 3.8) is 0 Å². The Balaban J connectivity index is 2.83. The predicted octanol–water partition coefficient (Wildman–Crippen LogP) is 3.63. The first-order valence-corrected chi connectivity index (χ1v) is 10.0. The highest BCUT2D eigenvalue weighted by Gasteiger charge is 2.23. The van der Waals surface area contributed by atoms with E-state index in [9.17, 15) is 13.2 Å². The Hall–Kier alpha value is -1.40. The van der Waals surface area contributed by atoms with Crippen LogP contribution in [0.15, 0.2) is 4.90 Å². The van der Waals surface area contributed by atoms with Crippen LogP contribution in [0.5, 0.6) is 0 Å². The molecule has 1 aromatic carbocycles. The first kappa shape index (κ1) is 21.6. The van der Waals surface area contributed by atoms with Gasteiger partial charge in [-0.1, -0.05) is 0 Å². The number of nitrogens with one attached hydrogen (secondary N) is 1. The van der Waals surface area contributed by atoms with Crippen molar-refractivity contribution in [2.24, 2.45) is 0 Å². The van der Waals surface area contributed by atoms with Crippen LogP contribution in [0.25, 0.3) is 0 Å². The molecule has 6 heteroatoms. The number of carbonyl (C=O) groups is 1. The topological polar surface area (TPSA) is 72.5 Å². The van der Waals surface area contributed by atoms with E-state index in [1.807, 2.05) is 34.6 Å². The zero-order valence-electron chi connectivity index (χ0n) is 16.7. The van der Waals surface area contributed by atoms with Crippen molar-refractivity contribution in [1.29, 1.82) is 0 Å². The molecule has 0 heterocycles. The van der Waals surface area contributed by atoms with Crippen LogP contribution < -0.4 is 4.72 Å². The maximum atomic E-state index is 12.7. The molecular weight excluding hydrogens is 338 g/mol. The van der Waals surface area contributed by atoms with E-state index in [1.165, 1.54) is 0 Å². The van der Waals surface area contributed by atoms with Crippen LogP contribution in [-0.2, 0) is 19.6 Å². The van der Waals surface area contributed by atoms with Crippen LogP contribution in [0.2, 0.25) is 0 Å². The fourth-order valence-corrected chi connectivity index (χ4v) is 4.44. The summed E-state index contributed by atoms with van der Waals surface area (Å²) in [7, 11) is -3.62. The van der Waals surface area contributed by atoms with Gasteiger partial charge in [0.2, 0.25) is 10.0 Å². The van der Waals surface area contributed by atoms with Gasteiger partial charge in [-0.05, 0) is 89.6 Å². The van der Waals surface area contributed by atoms with Gasteiger partial charge in [-0.3, -0.25) is 4.79 Å². The Morgan fingerprint density at radius 2 is 1.36 bits per heavy atom. The van der Waals surface area contributed by atoms with Gasteiger partial charge >= 0.3 is 5.97 Å². The maximum Gasteiger partial charge on any atom is 0.306 e. The number of esters is 1. The third-order valence-electron chi connectivity index (χ3n) is 4.47. The Bertz CT molecular complexity index is 730. The van der Waals surface area contributed by atoms with Crippen LogP contribution in [0.1, 0.15) is 61.4 Å². The zero-order chi connectivity index (χ0) is 19.6. The molecule has 0 aliphatic heterocycles. The van der Waals surface area contributed by atoms with E-state index in [0.29, 0.717) is 11.3 Å². The van der Waals surface area contributed by atoms with E-state index in [2.05, 4.69) is 4.72 Å². The van der Waals surface area contributed by atoms with Crippen molar-refractivity contribution in [3.05, 3.63) is 27.8 Å². The molecule has 1 aromatic rings. The number of carbonyl (C=O) groups excluding carboxylic acids is 1. The average molecular weight is 370 g/mol. The van der Waals surface area contributed by atoms with Crippen LogP contribution in [0.4, 0.5) is 0 Å². The van der Waals surface area contributed by atoms with Gasteiger partial charge in [0.05, 0.1) is 4.90 Å². The molecule has 0 unspecified atom stereocenters. The van der Waals surface area contributed by atoms with Gasteiger partial charge in [0.25, 0.3) is 0 Å². The van der Waals surface area contributed by atoms with Gasteiger partial charge < -0.3 is 4.74 Å². The third kappa shape index (κ3) is 5.54. The standard InChI is InChI=1S/C19H31NO4S/c1-12-13(2)15(4)18(16(5)14(12)3)25(22,23)20-11-9-10-17(21)24-19(6,7)8/h20H,9-11H2,1-8H3. The summed E-state index contributed by atoms with van der Waals surface area (Å²) in [4.78, 5) is 12.0. The van der Waals surface area contributed by atoms with E-state index in [0.717, 1.165) is 27.8 Å². The Labute approximate surface area is 152 Å². The van der Waals surface area contributed by atoms with E-state index in [4.69, 9.17) is 4.74 Å². The summed E-state index contributed by atoms with van der Waals surface area (Å²) in [6.07, 6.45) is 0.583. The Morgan fingerprint density at radius 1 is 0.920 bits per heavy atom. The number of rotatable bonds is 6. The molecule has 1 N–H and O–H groups in total. The minimum Gasteiger partial charge on any atom is -0.460 e. The van der Waals surface area contributed by atoms with Gasteiger partial charge in [0.1, 0.15) is 5.60 Å². The fourth-order valence-electron chi connectivity index (χ4n) is 2.77. The largest absolute Gasteiger partial charge is 0.460 e. The maximum absolute atomic E-state index is 12.7. The molecule has 0 aliphatic carbocycles. The summed E-state index contributed by atoms with van der Waals surface area (Å²) in [5.41, 5.74) is 4.15. The quantitative estimate of drug-likeness (QED) is 0.614. The Kier molecular flexibility index (Phi) is 6.81. The van der Waals surface area contributed by atoms with Crippen molar-refractivity contribution in [1.82, 2.24) is 4.72 Å². The minimum atomic E-state index is -3.62. The number of benzene rings is 1. The summed E-state index contributed by atoms with van der Waals surface area (Å²) in [6.45, 7) is 15.2. The molecule has 0 saturated carbocycles. The van der Waals surface area contributed by atoms with Crippen LogP contribution in [0, 0.1) is 34.6 Å². The fraction of sp³-hybridized carbons (Fsp3) is 0.632. The number of hydrogen-bond donors (Lipinski definition) is 1. The molecule has 0 radical (unpaired) electrons. The summed E-state index contributed by atoms with van der Waals surface area (Å²) >= 11 is 0. The van der Waals surface area contributed by atoms with Crippen molar-refractivity contribution in [2.45, 2.75) is 78.7 Å².